The molecule has 1 aliphatic carbocycles. The van der Waals surface area contributed by atoms with Crippen molar-refractivity contribution in [2.75, 3.05) is 0 Å². The SMILES string of the molecule is C[C@H]1CCc2cccc3c2[C@@H]1OB(c1ccccc1)O3. The maximum absolute atomic E-state index is 6.27. The lowest BCUT2D eigenvalue weighted by Gasteiger charge is -2.38. The van der Waals surface area contributed by atoms with E-state index in [2.05, 4.69) is 37.3 Å². The molecule has 0 saturated heterocycles. The predicted octanol–water partition coefficient (Wildman–Crippen LogP) is 3.11. The highest BCUT2D eigenvalue weighted by atomic mass is 16.6. The molecule has 2 aromatic carbocycles. The van der Waals surface area contributed by atoms with Crippen molar-refractivity contribution in [2.45, 2.75) is 25.9 Å². The van der Waals surface area contributed by atoms with Crippen LogP contribution in [0.3, 0.4) is 0 Å². The molecular formula is C17H17BO2. The van der Waals surface area contributed by atoms with Crippen LogP contribution in [-0.2, 0) is 11.1 Å². The topological polar surface area (TPSA) is 18.5 Å². The van der Waals surface area contributed by atoms with Gasteiger partial charge in [-0.15, -0.1) is 0 Å². The Kier molecular flexibility index (Phi) is 2.81. The predicted molar refractivity (Wildman–Crippen MR) is 80.2 cm³/mol. The van der Waals surface area contributed by atoms with Gasteiger partial charge in [-0.25, -0.2) is 0 Å². The van der Waals surface area contributed by atoms with Gasteiger partial charge in [0, 0.05) is 5.56 Å². The van der Waals surface area contributed by atoms with Crippen LogP contribution in [0.15, 0.2) is 48.5 Å². The van der Waals surface area contributed by atoms with Crippen molar-refractivity contribution in [2.24, 2.45) is 5.92 Å². The van der Waals surface area contributed by atoms with Gasteiger partial charge in [-0.3, -0.25) is 0 Å². The monoisotopic (exact) mass is 264 g/mol. The second-order valence-electron chi connectivity index (χ2n) is 5.76. The summed E-state index contributed by atoms with van der Waals surface area (Å²) in [5.41, 5.74) is 3.75. The molecule has 0 bridgehead atoms. The van der Waals surface area contributed by atoms with Crippen molar-refractivity contribution >= 4 is 12.6 Å². The van der Waals surface area contributed by atoms with E-state index in [1.54, 1.807) is 0 Å². The van der Waals surface area contributed by atoms with Gasteiger partial charge >= 0.3 is 7.12 Å². The van der Waals surface area contributed by atoms with E-state index >= 15 is 0 Å². The molecule has 4 rings (SSSR count). The Morgan fingerprint density at radius 3 is 2.75 bits per heavy atom. The maximum atomic E-state index is 6.27. The lowest BCUT2D eigenvalue weighted by molar-refractivity contribution is 0.0931. The normalized spacial score (nSPS) is 23.9. The first-order valence-electron chi connectivity index (χ1n) is 7.32. The standard InChI is InChI=1S/C17H17BO2/c1-12-10-11-13-6-5-9-15-16(13)17(12)20-18(19-15)14-7-3-2-4-8-14/h2-9,12,17H,10-11H2,1H3/t12-,17+/m0/s1. The van der Waals surface area contributed by atoms with Crippen LogP contribution < -0.4 is 10.1 Å². The number of aryl methyl sites for hydroxylation is 1. The Bertz CT molecular complexity index is 626. The van der Waals surface area contributed by atoms with Crippen molar-refractivity contribution in [1.29, 1.82) is 0 Å². The van der Waals surface area contributed by atoms with Crippen LogP contribution in [0.2, 0.25) is 0 Å². The maximum Gasteiger partial charge on any atom is 0.563 e. The first-order chi connectivity index (χ1) is 9.83. The summed E-state index contributed by atoms with van der Waals surface area (Å²) in [4.78, 5) is 0. The van der Waals surface area contributed by atoms with Gasteiger partial charge in [0.25, 0.3) is 0 Å². The summed E-state index contributed by atoms with van der Waals surface area (Å²) >= 11 is 0. The molecule has 0 fully saturated rings. The summed E-state index contributed by atoms with van der Waals surface area (Å²) in [5, 5.41) is 0. The molecule has 20 heavy (non-hydrogen) atoms. The summed E-state index contributed by atoms with van der Waals surface area (Å²) in [6.45, 7) is 2.28. The smallest absolute Gasteiger partial charge is 0.532 e. The summed E-state index contributed by atoms with van der Waals surface area (Å²) in [5.74, 6) is 1.54. The number of hydrogen-bond donors (Lipinski definition) is 0. The lowest BCUT2D eigenvalue weighted by Crippen LogP contribution is -2.45. The van der Waals surface area contributed by atoms with Gasteiger partial charge in [0.05, 0.1) is 6.10 Å². The molecule has 0 N–H and O–H groups in total. The molecule has 0 aromatic heterocycles. The van der Waals surface area contributed by atoms with Crippen LogP contribution >= 0.6 is 0 Å². The zero-order chi connectivity index (χ0) is 13.5. The van der Waals surface area contributed by atoms with Crippen LogP contribution in [0.4, 0.5) is 0 Å². The third-order valence-corrected chi connectivity index (χ3v) is 4.40. The molecule has 1 heterocycles. The van der Waals surface area contributed by atoms with Crippen LogP contribution in [0.5, 0.6) is 5.75 Å². The van der Waals surface area contributed by atoms with Gasteiger partial charge in [-0.2, -0.15) is 0 Å². The molecule has 2 nitrogen and oxygen atoms in total. The Morgan fingerprint density at radius 1 is 1.05 bits per heavy atom. The van der Waals surface area contributed by atoms with E-state index in [1.165, 1.54) is 17.5 Å². The molecule has 2 aliphatic rings. The van der Waals surface area contributed by atoms with Gasteiger partial charge in [0.15, 0.2) is 0 Å². The Hall–Kier alpha value is -1.74. The molecule has 100 valence electrons. The minimum Gasteiger partial charge on any atom is -0.532 e. The number of rotatable bonds is 1. The van der Waals surface area contributed by atoms with Crippen LogP contribution in [0.25, 0.3) is 0 Å². The highest BCUT2D eigenvalue weighted by molar-refractivity contribution is 6.62. The molecule has 2 aromatic rings. The largest absolute Gasteiger partial charge is 0.563 e. The van der Waals surface area contributed by atoms with Crippen LogP contribution in [0.1, 0.15) is 30.6 Å². The third-order valence-electron chi connectivity index (χ3n) is 4.40. The Morgan fingerprint density at radius 2 is 1.90 bits per heavy atom. The number of benzene rings is 2. The molecule has 0 radical (unpaired) electrons. The van der Waals surface area contributed by atoms with Crippen LogP contribution in [0, 0.1) is 5.92 Å². The van der Waals surface area contributed by atoms with E-state index in [0.717, 1.165) is 17.6 Å². The number of hydrogen-bond acceptors (Lipinski definition) is 2. The third kappa shape index (κ3) is 1.85. The van der Waals surface area contributed by atoms with Crippen molar-refractivity contribution in [3.8, 4) is 5.75 Å². The average molecular weight is 264 g/mol. The molecule has 3 heteroatoms. The van der Waals surface area contributed by atoms with E-state index in [1.807, 2.05) is 18.2 Å². The van der Waals surface area contributed by atoms with E-state index in [9.17, 15) is 0 Å². The van der Waals surface area contributed by atoms with Crippen molar-refractivity contribution < 1.29 is 9.31 Å². The quantitative estimate of drug-likeness (QED) is 0.737. The Labute approximate surface area is 119 Å². The highest BCUT2D eigenvalue weighted by Crippen LogP contribution is 2.44. The summed E-state index contributed by atoms with van der Waals surface area (Å²) in [7, 11) is -0.288. The first-order valence-corrected chi connectivity index (χ1v) is 7.32. The minimum absolute atomic E-state index is 0.161. The molecule has 0 saturated carbocycles. The lowest BCUT2D eigenvalue weighted by atomic mass is 9.73. The van der Waals surface area contributed by atoms with Gasteiger partial charge in [0.2, 0.25) is 0 Å². The van der Waals surface area contributed by atoms with Gasteiger partial charge in [-0.1, -0.05) is 49.4 Å². The molecule has 0 amide bonds. The summed E-state index contributed by atoms with van der Waals surface area (Å²) < 4.78 is 12.4. The van der Waals surface area contributed by atoms with E-state index in [0.29, 0.717) is 5.92 Å². The zero-order valence-electron chi connectivity index (χ0n) is 11.6. The van der Waals surface area contributed by atoms with Crippen molar-refractivity contribution in [3.05, 3.63) is 59.7 Å². The Balaban J connectivity index is 1.77. The van der Waals surface area contributed by atoms with Crippen molar-refractivity contribution in [1.82, 2.24) is 0 Å². The zero-order valence-corrected chi connectivity index (χ0v) is 11.6. The van der Waals surface area contributed by atoms with Gasteiger partial charge < -0.3 is 9.31 Å². The second kappa shape index (κ2) is 4.67. The van der Waals surface area contributed by atoms with Crippen LogP contribution in [-0.4, -0.2) is 7.12 Å². The fraction of sp³-hybridized carbons (Fsp3) is 0.294. The van der Waals surface area contributed by atoms with Crippen molar-refractivity contribution in [3.63, 3.8) is 0 Å². The van der Waals surface area contributed by atoms with E-state index < -0.39 is 0 Å². The van der Waals surface area contributed by atoms with Gasteiger partial charge in [0.1, 0.15) is 5.75 Å². The van der Waals surface area contributed by atoms with E-state index in [4.69, 9.17) is 9.31 Å². The second-order valence-corrected chi connectivity index (χ2v) is 5.76. The summed E-state index contributed by atoms with van der Waals surface area (Å²) in [6.07, 6.45) is 2.47. The molecule has 1 aliphatic heterocycles. The minimum atomic E-state index is -0.288. The molecule has 2 atom stereocenters. The fourth-order valence-corrected chi connectivity index (χ4v) is 3.29. The van der Waals surface area contributed by atoms with Gasteiger partial charge in [-0.05, 0) is 35.9 Å². The highest BCUT2D eigenvalue weighted by Gasteiger charge is 2.40. The molecule has 0 unspecified atom stereocenters. The molecule has 0 spiro atoms. The fourth-order valence-electron chi connectivity index (χ4n) is 3.29. The summed E-state index contributed by atoms with van der Waals surface area (Å²) in [6, 6.07) is 16.6. The molecular weight excluding hydrogens is 247 g/mol. The first kappa shape index (κ1) is 12.0. The van der Waals surface area contributed by atoms with E-state index in [-0.39, 0.29) is 13.2 Å². The average Bonchev–Trinajstić information content (AvgIpc) is 2.51.